The lowest BCUT2D eigenvalue weighted by molar-refractivity contribution is -0.135. The Morgan fingerprint density at radius 2 is 1.77 bits per heavy atom. The monoisotopic (exact) mass is 397 g/mol. The number of hydrogen-bond acceptors (Lipinski definition) is 4. The highest BCUT2D eigenvalue weighted by molar-refractivity contribution is 5.96. The molecule has 0 aliphatic heterocycles. The zero-order valence-electron chi connectivity index (χ0n) is 16.8. The number of fused-ring (bicyclic) bond motifs is 1. The van der Waals surface area contributed by atoms with Crippen LogP contribution in [0.4, 0.5) is 5.82 Å². The van der Waals surface area contributed by atoms with Crippen LogP contribution in [0.25, 0.3) is 22.0 Å². The summed E-state index contributed by atoms with van der Waals surface area (Å²) >= 11 is 0. The van der Waals surface area contributed by atoms with Gasteiger partial charge in [-0.3, -0.25) is 9.78 Å². The predicted octanol–water partition coefficient (Wildman–Crippen LogP) is 4.60. The number of rotatable bonds is 7. The topological polar surface area (TPSA) is 66.3 Å². The van der Waals surface area contributed by atoms with Gasteiger partial charge < -0.3 is 10.0 Å². The van der Waals surface area contributed by atoms with Crippen LogP contribution in [0.1, 0.15) is 11.1 Å². The number of nitrogens with zero attached hydrogens (tertiary/aromatic N) is 3. The lowest BCUT2D eigenvalue weighted by Gasteiger charge is -2.18. The second kappa shape index (κ2) is 8.74. The second-order valence-electron chi connectivity index (χ2n) is 7.36. The second-order valence-corrected chi connectivity index (χ2v) is 7.36. The number of benzene rings is 2. The van der Waals surface area contributed by atoms with E-state index in [2.05, 4.69) is 35.3 Å². The Balaban J connectivity index is 1.75. The van der Waals surface area contributed by atoms with E-state index in [0.717, 1.165) is 34.9 Å². The summed E-state index contributed by atoms with van der Waals surface area (Å²) in [5.74, 6) is -0.238. The molecule has 0 aliphatic rings. The van der Waals surface area contributed by atoms with Gasteiger partial charge in [0.1, 0.15) is 12.4 Å². The molecular weight excluding hydrogens is 374 g/mol. The van der Waals surface area contributed by atoms with Crippen LogP contribution in [0, 0.1) is 0 Å². The van der Waals surface area contributed by atoms with E-state index >= 15 is 0 Å². The van der Waals surface area contributed by atoms with Gasteiger partial charge in [0, 0.05) is 24.8 Å². The van der Waals surface area contributed by atoms with Crippen molar-refractivity contribution >= 4 is 22.7 Å². The molecule has 0 aliphatic carbocycles. The normalized spacial score (nSPS) is 10.8. The van der Waals surface area contributed by atoms with Crippen molar-refractivity contribution in [1.82, 2.24) is 9.97 Å². The van der Waals surface area contributed by atoms with Crippen molar-refractivity contribution in [2.24, 2.45) is 0 Å². The van der Waals surface area contributed by atoms with E-state index in [4.69, 9.17) is 10.1 Å². The molecule has 0 amide bonds. The first-order chi connectivity index (χ1) is 14.6. The maximum atomic E-state index is 11.2. The van der Waals surface area contributed by atoms with Gasteiger partial charge in [0.15, 0.2) is 0 Å². The zero-order valence-corrected chi connectivity index (χ0v) is 16.8. The van der Waals surface area contributed by atoms with Crippen LogP contribution in [-0.4, -0.2) is 34.6 Å². The molecule has 0 bridgehead atoms. The minimum absolute atomic E-state index is 0.101. The average Bonchev–Trinajstić information content (AvgIpc) is 2.77. The Labute approximate surface area is 175 Å². The smallest absolute Gasteiger partial charge is 0.323 e. The summed E-state index contributed by atoms with van der Waals surface area (Å²) in [6, 6.07) is 22.5. The van der Waals surface area contributed by atoms with Gasteiger partial charge in [0.2, 0.25) is 0 Å². The van der Waals surface area contributed by atoms with Gasteiger partial charge in [-0.2, -0.15) is 0 Å². The van der Waals surface area contributed by atoms with E-state index in [1.165, 1.54) is 11.1 Å². The van der Waals surface area contributed by atoms with E-state index in [0.29, 0.717) is 5.82 Å². The summed E-state index contributed by atoms with van der Waals surface area (Å²) < 4.78 is 0. The molecule has 5 nitrogen and oxygen atoms in total. The number of carboxylic acids is 1. The third-order valence-corrected chi connectivity index (χ3v) is 5.13. The van der Waals surface area contributed by atoms with Crippen LogP contribution in [-0.2, 0) is 17.6 Å². The van der Waals surface area contributed by atoms with Crippen LogP contribution in [0.15, 0.2) is 79.1 Å². The molecule has 2 aromatic carbocycles. The van der Waals surface area contributed by atoms with Gasteiger partial charge in [0.05, 0.1) is 5.52 Å². The molecule has 0 fully saturated rings. The SMILES string of the molecule is CN(CC(=O)O)c1cc(-c2ccccc2)c2cc(CCc3cccnc3)ccc2n1. The highest BCUT2D eigenvalue weighted by Crippen LogP contribution is 2.32. The molecule has 4 rings (SSSR count). The number of aryl methyl sites for hydroxylation is 2. The number of anilines is 1. The number of pyridine rings is 2. The summed E-state index contributed by atoms with van der Waals surface area (Å²) in [4.78, 5) is 21.7. The molecule has 5 heteroatoms. The lowest BCUT2D eigenvalue weighted by atomic mass is 9.97. The van der Waals surface area contributed by atoms with Crippen LogP contribution >= 0.6 is 0 Å². The van der Waals surface area contributed by atoms with E-state index in [-0.39, 0.29) is 6.54 Å². The number of likely N-dealkylation sites (N-methyl/N-ethyl adjacent to an activating group) is 1. The quantitative estimate of drug-likeness (QED) is 0.494. The molecule has 0 saturated heterocycles. The first-order valence-electron chi connectivity index (χ1n) is 9.91. The van der Waals surface area contributed by atoms with Crippen molar-refractivity contribution in [1.29, 1.82) is 0 Å². The fourth-order valence-corrected chi connectivity index (χ4v) is 3.59. The molecule has 2 heterocycles. The molecule has 0 spiro atoms. The predicted molar refractivity (Wildman–Crippen MR) is 120 cm³/mol. The van der Waals surface area contributed by atoms with Gasteiger partial charge in [0.25, 0.3) is 0 Å². The molecule has 30 heavy (non-hydrogen) atoms. The molecule has 0 atom stereocenters. The Bertz CT molecular complexity index is 1160. The van der Waals surface area contributed by atoms with Gasteiger partial charge in [-0.05, 0) is 59.4 Å². The highest BCUT2D eigenvalue weighted by Gasteiger charge is 2.13. The average molecular weight is 397 g/mol. The maximum Gasteiger partial charge on any atom is 0.323 e. The largest absolute Gasteiger partial charge is 0.480 e. The van der Waals surface area contributed by atoms with Gasteiger partial charge >= 0.3 is 5.97 Å². The first kappa shape index (κ1) is 19.6. The number of hydrogen-bond donors (Lipinski definition) is 1. The number of aliphatic carboxylic acids is 1. The number of carbonyl (C=O) groups is 1. The molecule has 0 saturated carbocycles. The molecule has 150 valence electrons. The Hall–Kier alpha value is -3.73. The van der Waals surface area contributed by atoms with Crippen molar-refractivity contribution < 1.29 is 9.90 Å². The van der Waals surface area contributed by atoms with Crippen LogP contribution in [0.2, 0.25) is 0 Å². The van der Waals surface area contributed by atoms with Gasteiger partial charge in [-0.1, -0.05) is 42.5 Å². The van der Waals surface area contributed by atoms with Crippen molar-refractivity contribution in [3.63, 3.8) is 0 Å². The van der Waals surface area contributed by atoms with E-state index in [1.807, 2.05) is 42.6 Å². The van der Waals surface area contributed by atoms with E-state index in [9.17, 15) is 4.79 Å². The first-order valence-corrected chi connectivity index (χ1v) is 9.91. The summed E-state index contributed by atoms with van der Waals surface area (Å²) in [7, 11) is 1.75. The fraction of sp³-hybridized carbons (Fsp3) is 0.160. The fourth-order valence-electron chi connectivity index (χ4n) is 3.59. The van der Waals surface area contributed by atoms with Gasteiger partial charge in [-0.25, -0.2) is 4.98 Å². The molecule has 2 aromatic heterocycles. The summed E-state index contributed by atoms with van der Waals surface area (Å²) in [6.45, 7) is -0.101. The Morgan fingerprint density at radius 1 is 0.967 bits per heavy atom. The molecule has 4 aromatic rings. The standard InChI is InChI=1S/C25H23N3O2/c1-28(17-25(29)30)24-15-21(20-7-3-2-4-8-20)22-14-18(11-12-23(22)27-24)9-10-19-6-5-13-26-16-19/h2-8,11-16H,9-10,17H2,1H3,(H,29,30). The maximum absolute atomic E-state index is 11.2. The van der Waals surface area contributed by atoms with E-state index in [1.54, 1.807) is 18.1 Å². The molecule has 0 unspecified atom stereocenters. The van der Waals surface area contributed by atoms with Crippen molar-refractivity contribution in [2.45, 2.75) is 12.8 Å². The minimum Gasteiger partial charge on any atom is -0.480 e. The highest BCUT2D eigenvalue weighted by atomic mass is 16.4. The van der Waals surface area contributed by atoms with Crippen LogP contribution < -0.4 is 4.90 Å². The van der Waals surface area contributed by atoms with Crippen LogP contribution in [0.5, 0.6) is 0 Å². The molecular formula is C25H23N3O2. The Kier molecular flexibility index (Phi) is 5.70. The number of aromatic nitrogens is 2. The third kappa shape index (κ3) is 4.46. The third-order valence-electron chi connectivity index (χ3n) is 5.13. The van der Waals surface area contributed by atoms with E-state index < -0.39 is 5.97 Å². The molecule has 1 N–H and O–H groups in total. The lowest BCUT2D eigenvalue weighted by Crippen LogP contribution is -2.26. The zero-order chi connectivity index (χ0) is 20.9. The van der Waals surface area contributed by atoms with Crippen molar-refractivity contribution in [3.05, 3.63) is 90.3 Å². The summed E-state index contributed by atoms with van der Waals surface area (Å²) in [5, 5.41) is 10.2. The molecule has 0 radical (unpaired) electrons. The van der Waals surface area contributed by atoms with Crippen LogP contribution in [0.3, 0.4) is 0 Å². The minimum atomic E-state index is -0.883. The van der Waals surface area contributed by atoms with Crippen molar-refractivity contribution in [3.8, 4) is 11.1 Å². The Morgan fingerprint density at radius 3 is 2.50 bits per heavy atom. The summed E-state index contributed by atoms with van der Waals surface area (Å²) in [6.07, 6.45) is 5.53. The van der Waals surface area contributed by atoms with Gasteiger partial charge in [-0.15, -0.1) is 0 Å². The number of carboxylic acid groups (broad SMARTS) is 1. The summed E-state index contributed by atoms with van der Waals surface area (Å²) in [5.41, 5.74) is 5.44. The van der Waals surface area contributed by atoms with Crippen molar-refractivity contribution in [2.75, 3.05) is 18.5 Å².